The molecule has 2 rings (SSSR count). The minimum absolute atomic E-state index is 0.886. The van der Waals surface area contributed by atoms with Crippen molar-refractivity contribution in [1.29, 1.82) is 0 Å². The second kappa shape index (κ2) is 4.85. The van der Waals surface area contributed by atoms with Crippen molar-refractivity contribution in [3.63, 3.8) is 0 Å². The van der Waals surface area contributed by atoms with E-state index in [1.54, 1.807) is 11.8 Å². The predicted octanol–water partition coefficient (Wildman–Crippen LogP) is 3.78. The molecule has 0 bridgehead atoms. The van der Waals surface area contributed by atoms with Crippen molar-refractivity contribution in [3.8, 4) is 0 Å². The molecule has 0 aliphatic carbocycles. The van der Waals surface area contributed by atoms with Crippen LogP contribution in [0.5, 0.6) is 0 Å². The van der Waals surface area contributed by atoms with Crippen LogP contribution in [-0.2, 0) is 0 Å². The van der Waals surface area contributed by atoms with E-state index in [1.807, 2.05) is 19.0 Å². The number of thiocarbonyl (C=S) groups is 1. The highest BCUT2D eigenvalue weighted by Crippen LogP contribution is 2.29. The van der Waals surface area contributed by atoms with E-state index in [4.69, 9.17) is 12.2 Å². The van der Waals surface area contributed by atoms with Crippen LogP contribution >= 0.6 is 24.0 Å². The molecule has 0 aliphatic heterocycles. The Morgan fingerprint density at radius 1 is 1.06 bits per heavy atom. The first kappa shape index (κ1) is 11.4. The van der Waals surface area contributed by atoms with Crippen molar-refractivity contribution < 1.29 is 0 Å². The van der Waals surface area contributed by atoms with Gasteiger partial charge >= 0.3 is 0 Å². The van der Waals surface area contributed by atoms with Gasteiger partial charge < -0.3 is 4.90 Å². The summed E-state index contributed by atoms with van der Waals surface area (Å²) in [6.07, 6.45) is 0. The van der Waals surface area contributed by atoms with Crippen LogP contribution in [0.1, 0.15) is 0 Å². The third-order valence-electron chi connectivity index (χ3n) is 2.31. The average molecular weight is 247 g/mol. The molecule has 3 heteroatoms. The van der Waals surface area contributed by atoms with Gasteiger partial charge in [0, 0.05) is 19.0 Å². The van der Waals surface area contributed by atoms with Crippen molar-refractivity contribution in [2.45, 2.75) is 4.90 Å². The van der Waals surface area contributed by atoms with E-state index in [9.17, 15) is 0 Å². The molecule has 0 aromatic heterocycles. The molecule has 0 N–H and O–H groups in total. The van der Waals surface area contributed by atoms with Gasteiger partial charge in [-0.2, -0.15) is 0 Å². The summed E-state index contributed by atoms with van der Waals surface area (Å²) in [4.78, 5) is 3.18. The van der Waals surface area contributed by atoms with Crippen LogP contribution in [0.3, 0.4) is 0 Å². The molecule has 0 saturated heterocycles. The third kappa shape index (κ3) is 2.36. The summed E-state index contributed by atoms with van der Waals surface area (Å²) in [5.41, 5.74) is 0. The summed E-state index contributed by atoms with van der Waals surface area (Å²) in [6, 6.07) is 14.7. The molecule has 0 atom stereocenters. The summed E-state index contributed by atoms with van der Waals surface area (Å²) >= 11 is 6.95. The zero-order valence-corrected chi connectivity index (χ0v) is 10.9. The highest BCUT2D eigenvalue weighted by Gasteiger charge is 2.05. The fourth-order valence-corrected chi connectivity index (χ4v) is 2.55. The quantitative estimate of drug-likeness (QED) is 0.558. The van der Waals surface area contributed by atoms with Crippen molar-refractivity contribution in [2.24, 2.45) is 0 Å². The van der Waals surface area contributed by atoms with Gasteiger partial charge in [-0.3, -0.25) is 0 Å². The van der Waals surface area contributed by atoms with E-state index < -0.39 is 0 Å². The Kier molecular flexibility index (Phi) is 3.46. The van der Waals surface area contributed by atoms with Crippen LogP contribution < -0.4 is 0 Å². The third-order valence-corrected chi connectivity index (χ3v) is 4.04. The Hall–Kier alpha value is -1.06. The highest BCUT2D eigenvalue weighted by molar-refractivity contribution is 8.23. The Bertz CT molecular complexity index is 515. The lowest BCUT2D eigenvalue weighted by molar-refractivity contribution is 0.648. The molecule has 2 aromatic rings. The fraction of sp³-hybridized carbons (Fsp3) is 0.154. The molecule has 2 aromatic carbocycles. The van der Waals surface area contributed by atoms with Gasteiger partial charge in [-0.05, 0) is 16.8 Å². The SMILES string of the molecule is CN(C)C(=S)Sc1cccc2ccccc12. The van der Waals surface area contributed by atoms with Gasteiger partial charge in [0.1, 0.15) is 4.32 Å². The summed E-state index contributed by atoms with van der Waals surface area (Å²) in [7, 11) is 3.95. The molecular weight excluding hydrogens is 234 g/mol. The van der Waals surface area contributed by atoms with Crippen molar-refractivity contribution in [2.75, 3.05) is 14.1 Å². The van der Waals surface area contributed by atoms with Gasteiger partial charge in [0.15, 0.2) is 0 Å². The molecule has 0 spiro atoms. The molecule has 1 nitrogen and oxygen atoms in total. The summed E-state index contributed by atoms with van der Waals surface area (Å²) in [5.74, 6) is 0. The van der Waals surface area contributed by atoms with E-state index in [1.165, 1.54) is 15.7 Å². The van der Waals surface area contributed by atoms with Crippen LogP contribution in [0.4, 0.5) is 0 Å². The van der Waals surface area contributed by atoms with E-state index in [2.05, 4.69) is 42.5 Å². The zero-order valence-electron chi connectivity index (χ0n) is 9.31. The first-order valence-electron chi connectivity index (χ1n) is 5.05. The van der Waals surface area contributed by atoms with Crippen molar-refractivity contribution >= 4 is 39.1 Å². The van der Waals surface area contributed by atoms with Gasteiger partial charge in [0.2, 0.25) is 0 Å². The number of fused-ring (bicyclic) bond motifs is 1. The molecule has 0 aliphatic rings. The predicted molar refractivity (Wildman–Crippen MR) is 76.1 cm³/mol. The van der Waals surface area contributed by atoms with Gasteiger partial charge in [0.25, 0.3) is 0 Å². The summed E-state index contributed by atoms with van der Waals surface area (Å²) < 4.78 is 0.886. The van der Waals surface area contributed by atoms with Gasteiger partial charge in [-0.15, -0.1) is 0 Å². The van der Waals surface area contributed by atoms with E-state index in [0.29, 0.717) is 0 Å². The van der Waals surface area contributed by atoms with Crippen LogP contribution in [0.25, 0.3) is 10.8 Å². The Labute approximate surface area is 105 Å². The Morgan fingerprint density at radius 3 is 2.50 bits per heavy atom. The van der Waals surface area contributed by atoms with Crippen molar-refractivity contribution in [1.82, 2.24) is 4.90 Å². The monoisotopic (exact) mass is 247 g/mol. The maximum Gasteiger partial charge on any atom is 0.140 e. The van der Waals surface area contributed by atoms with Gasteiger partial charge in [-0.25, -0.2) is 0 Å². The maximum atomic E-state index is 5.31. The number of nitrogens with zero attached hydrogens (tertiary/aromatic N) is 1. The number of rotatable bonds is 1. The van der Waals surface area contributed by atoms with E-state index in [-0.39, 0.29) is 0 Å². The molecule has 0 heterocycles. The lowest BCUT2D eigenvalue weighted by Crippen LogP contribution is -2.15. The largest absolute Gasteiger partial charge is 0.363 e. The Morgan fingerprint density at radius 2 is 1.75 bits per heavy atom. The minimum atomic E-state index is 0.886. The first-order chi connectivity index (χ1) is 7.68. The second-order valence-corrected chi connectivity index (χ2v) is 5.42. The van der Waals surface area contributed by atoms with Crippen LogP contribution in [0.2, 0.25) is 0 Å². The molecule has 82 valence electrons. The van der Waals surface area contributed by atoms with Crippen molar-refractivity contribution in [3.05, 3.63) is 42.5 Å². The molecule has 0 fully saturated rings. The van der Waals surface area contributed by atoms with Gasteiger partial charge in [0.05, 0.1) is 0 Å². The topological polar surface area (TPSA) is 3.24 Å². The Balaban J connectivity index is 2.41. The van der Waals surface area contributed by atoms with E-state index in [0.717, 1.165) is 4.32 Å². The smallest absolute Gasteiger partial charge is 0.140 e. The number of thioether (sulfide) groups is 1. The number of hydrogen-bond acceptors (Lipinski definition) is 2. The molecule has 16 heavy (non-hydrogen) atoms. The summed E-state index contributed by atoms with van der Waals surface area (Å²) in [5, 5.41) is 2.52. The lowest BCUT2D eigenvalue weighted by atomic mass is 10.1. The minimum Gasteiger partial charge on any atom is -0.363 e. The fourth-order valence-electron chi connectivity index (χ4n) is 1.47. The lowest BCUT2D eigenvalue weighted by Gasteiger charge is -2.13. The zero-order chi connectivity index (χ0) is 11.5. The van der Waals surface area contributed by atoms with Crippen LogP contribution in [0, 0.1) is 0 Å². The second-order valence-electron chi connectivity index (χ2n) is 3.74. The molecule has 0 saturated carbocycles. The normalized spacial score (nSPS) is 10.4. The number of benzene rings is 2. The van der Waals surface area contributed by atoms with Crippen LogP contribution in [-0.4, -0.2) is 23.3 Å². The highest BCUT2D eigenvalue weighted by atomic mass is 32.2. The standard InChI is InChI=1S/C13H13NS2/c1-14(2)13(15)16-12-9-5-7-10-6-3-4-8-11(10)12/h3-9H,1-2H3. The maximum absolute atomic E-state index is 5.31. The van der Waals surface area contributed by atoms with Gasteiger partial charge in [-0.1, -0.05) is 60.4 Å². The molecule has 0 amide bonds. The molecule has 0 radical (unpaired) electrons. The average Bonchev–Trinajstić information content (AvgIpc) is 2.29. The summed E-state index contributed by atoms with van der Waals surface area (Å²) in [6.45, 7) is 0. The molecular formula is C13H13NS2. The molecule has 0 unspecified atom stereocenters. The van der Waals surface area contributed by atoms with E-state index >= 15 is 0 Å². The van der Waals surface area contributed by atoms with Crippen LogP contribution in [0.15, 0.2) is 47.4 Å². The first-order valence-corrected chi connectivity index (χ1v) is 6.28. The number of hydrogen-bond donors (Lipinski definition) is 0.